The quantitative estimate of drug-likeness (QED) is 0.934. The minimum atomic E-state index is 0.0267. The van der Waals surface area contributed by atoms with Crippen LogP contribution in [0.15, 0.2) is 18.2 Å². The van der Waals surface area contributed by atoms with E-state index in [9.17, 15) is 0 Å². The highest BCUT2D eigenvalue weighted by atomic mass is 35.5. The van der Waals surface area contributed by atoms with E-state index in [-0.39, 0.29) is 5.41 Å². The summed E-state index contributed by atoms with van der Waals surface area (Å²) in [7, 11) is 1.65. The van der Waals surface area contributed by atoms with Crippen LogP contribution in [-0.4, -0.2) is 18.6 Å². The zero-order chi connectivity index (χ0) is 14.9. The van der Waals surface area contributed by atoms with Crippen LogP contribution in [0.5, 0.6) is 5.75 Å². The fraction of sp³-hybridized carbons (Fsp3) is 0.438. The SMILES string of the molecule is COc1ccc(Cl)c2c(C)cc(CC(C)(C)CN)nc12. The molecule has 0 saturated heterocycles. The standard InChI is InChI=1S/C16H21ClN2O/c1-10-7-11(8-16(2,3)9-18)19-15-13(20-4)6-5-12(17)14(10)15/h5-7H,8-9,18H2,1-4H3. The predicted octanol–water partition coefficient (Wildman–Crippen LogP) is 3.73. The molecule has 0 spiro atoms. The van der Waals surface area contributed by atoms with Crippen molar-refractivity contribution in [2.45, 2.75) is 27.2 Å². The largest absolute Gasteiger partial charge is 0.494 e. The van der Waals surface area contributed by atoms with Crippen LogP contribution in [0.1, 0.15) is 25.1 Å². The van der Waals surface area contributed by atoms with Gasteiger partial charge in [0, 0.05) is 11.1 Å². The van der Waals surface area contributed by atoms with Crippen molar-refractivity contribution >= 4 is 22.5 Å². The van der Waals surface area contributed by atoms with Crippen molar-refractivity contribution in [2.75, 3.05) is 13.7 Å². The van der Waals surface area contributed by atoms with E-state index < -0.39 is 0 Å². The minimum absolute atomic E-state index is 0.0267. The molecule has 1 aromatic carbocycles. The number of halogens is 1. The second-order valence-electron chi connectivity index (χ2n) is 5.95. The smallest absolute Gasteiger partial charge is 0.145 e. The van der Waals surface area contributed by atoms with Crippen LogP contribution in [-0.2, 0) is 6.42 Å². The molecule has 0 amide bonds. The average molecular weight is 293 g/mol. The van der Waals surface area contributed by atoms with Gasteiger partial charge in [0.1, 0.15) is 11.3 Å². The summed E-state index contributed by atoms with van der Waals surface area (Å²) in [5.74, 6) is 0.750. The van der Waals surface area contributed by atoms with Gasteiger partial charge in [-0.2, -0.15) is 0 Å². The number of aromatic nitrogens is 1. The van der Waals surface area contributed by atoms with E-state index in [4.69, 9.17) is 27.1 Å². The number of nitrogens with two attached hydrogens (primary N) is 1. The van der Waals surface area contributed by atoms with Crippen molar-refractivity contribution in [2.24, 2.45) is 11.1 Å². The first-order chi connectivity index (χ1) is 9.38. The zero-order valence-electron chi connectivity index (χ0n) is 12.5. The third kappa shape index (κ3) is 2.89. The van der Waals surface area contributed by atoms with E-state index in [1.807, 2.05) is 19.1 Å². The molecule has 0 aliphatic carbocycles. The second-order valence-corrected chi connectivity index (χ2v) is 6.36. The molecule has 0 fully saturated rings. The van der Waals surface area contributed by atoms with Gasteiger partial charge in [0.25, 0.3) is 0 Å². The summed E-state index contributed by atoms with van der Waals surface area (Å²) < 4.78 is 5.40. The summed E-state index contributed by atoms with van der Waals surface area (Å²) in [6.07, 6.45) is 0.829. The van der Waals surface area contributed by atoms with Crippen LogP contribution in [0.4, 0.5) is 0 Å². The number of pyridine rings is 1. The third-order valence-corrected chi connectivity index (χ3v) is 3.87. The molecule has 0 aliphatic rings. The molecule has 0 bridgehead atoms. The number of nitrogens with zero attached hydrogens (tertiary/aromatic N) is 1. The lowest BCUT2D eigenvalue weighted by atomic mass is 9.87. The van der Waals surface area contributed by atoms with Crippen LogP contribution in [0.25, 0.3) is 10.9 Å². The highest BCUT2D eigenvalue weighted by Gasteiger charge is 2.19. The van der Waals surface area contributed by atoms with Crippen LogP contribution in [0, 0.1) is 12.3 Å². The Labute approximate surface area is 125 Å². The topological polar surface area (TPSA) is 48.1 Å². The third-order valence-electron chi connectivity index (χ3n) is 3.56. The first-order valence-corrected chi connectivity index (χ1v) is 7.08. The van der Waals surface area contributed by atoms with Crippen molar-refractivity contribution in [1.82, 2.24) is 4.98 Å². The monoisotopic (exact) mass is 292 g/mol. The lowest BCUT2D eigenvalue weighted by Gasteiger charge is -2.22. The predicted molar refractivity (Wildman–Crippen MR) is 84.6 cm³/mol. The second kappa shape index (κ2) is 5.58. The molecule has 0 radical (unpaired) electrons. The molecule has 2 aromatic rings. The molecule has 0 unspecified atom stereocenters. The van der Waals surface area contributed by atoms with E-state index in [1.165, 1.54) is 0 Å². The molecule has 20 heavy (non-hydrogen) atoms. The average Bonchev–Trinajstić information content (AvgIpc) is 2.38. The lowest BCUT2D eigenvalue weighted by Crippen LogP contribution is -2.26. The fourth-order valence-corrected chi connectivity index (χ4v) is 2.65. The Morgan fingerprint density at radius 1 is 1.35 bits per heavy atom. The molecule has 0 aliphatic heterocycles. The van der Waals surface area contributed by atoms with Crippen LogP contribution in [0.2, 0.25) is 5.02 Å². The van der Waals surface area contributed by atoms with Crippen LogP contribution in [0.3, 0.4) is 0 Å². The molecule has 108 valence electrons. The first-order valence-electron chi connectivity index (χ1n) is 6.71. The summed E-state index contributed by atoms with van der Waals surface area (Å²) in [5, 5.41) is 1.66. The number of benzene rings is 1. The number of aryl methyl sites for hydroxylation is 1. The summed E-state index contributed by atoms with van der Waals surface area (Å²) in [6, 6.07) is 5.79. The Bertz CT molecular complexity index is 638. The summed E-state index contributed by atoms with van der Waals surface area (Å²) in [5.41, 5.74) is 8.79. The van der Waals surface area contributed by atoms with Crippen molar-refractivity contribution in [3.63, 3.8) is 0 Å². The maximum atomic E-state index is 6.29. The zero-order valence-corrected chi connectivity index (χ0v) is 13.2. The number of hydrogen-bond acceptors (Lipinski definition) is 3. The number of rotatable bonds is 4. The number of methoxy groups -OCH3 is 1. The molecular weight excluding hydrogens is 272 g/mol. The highest BCUT2D eigenvalue weighted by molar-refractivity contribution is 6.35. The Morgan fingerprint density at radius 2 is 2.05 bits per heavy atom. The Kier molecular flexibility index (Phi) is 4.21. The molecule has 0 atom stereocenters. The molecule has 1 heterocycles. The summed E-state index contributed by atoms with van der Waals surface area (Å²) >= 11 is 6.29. The van der Waals surface area contributed by atoms with E-state index >= 15 is 0 Å². The Hall–Kier alpha value is -1.32. The molecule has 1 aromatic heterocycles. The minimum Gasteiger partial charge on any atom is -0.494 e. The van der Waals surface area contributed by atoms with Gasteiger partial charge in [0.15, 0.2) is 0 Å². The van der Waals surface area contributed by atoms with E-state index in [2.05, 4.69) is 19.9 Å². The number of fused-ring (bicyclic) bond motifs is 1. The Morgan fingerprint density at radius 3 is 2.65 bits per heavy atom. The normalized spacial score (nSPS) is 11.9. The lowest BCUT2D eigenvalue weighted by molar-refractivity contribution is 0.372. The molecular formula is C16H21ClN2O. The summed E-state index contributed by atoms with van der Waals surface area (Å²) in [6.45, 7) is 6.96. The van der Waals surface area contributed by atoms with Crippen molar-refractivity contribution in [3.8, 4) is 5.75 Å². The van der Waals surface area contributed by atoms with E-state index in [1.54, 1.807) is 7.11 Å². The van der Waals surface area contributed by atoms with Crippen LogP contribution < -0.4 is 10.5 Å². The molecule has 2 rings (SSSR count). The highest BCUT2D eigenvalue weighted by Crippen LogP contribution is 2.33. The molecule has 2 N–H and O–H groups in total. The summed E-state index contributed by atoms with van der Waals surface area (Å²) in [4.78, 5) is 4.74. The van der Waals surface area contributed by atoms with Gasteiger partial charge in [-0.05, 0) is 49.1 Å². The maximum absolute atomic E-state index is 6.29. The molecule has 0 saturated carbocycles. The molecule has 3 nitrogen and oxygen atoms in total. The van der Waals surface area contributed by atoms with Gasteiger partial charge < -0.3 is 10.5 Å². The van der Waals surface area contributed by atoms with Gasteiger partial charge in [0.05, 0.1) is 12.1 Å². The van der Waals surface area contributed by atoms with E-state index in [0.29, 0.717) is 11.6 Å². The van der Waals surface area contributed by atoms with Gasteiger partial charge in [-0.3, -0.25) is 0 Å². The fourth-order valence-electron chi connectivity index (χ4n) is 2.35. The van der Waals surface area contributed by atoms with Gasteiger partial charge in [-0.15, -0.1) is 0 Å². The van der Waals surface area contributed by atoms with Gasteiger partial charge in [0.2, 0.25) is 0 Å². The van der Waals surface area contributed by atoms with E-state index in [0.717, 1.165) is 34.3 Å². The Balaban J connectivity index is 2.61. The number of ether oxygens (including phenoxy) is 1. The molecule has 4 heteroatoms. The van der Waals surface area contributed by atoms with Gasteiger partial charge in [-0.25, -0.2) is 4.98 Å². The van der Waals surface area contributed by atoms with Crippen LogP contribution >= 0.6 is 11.6 Å². The number of hydrogen-bond donors (Lipinski definition) is 1. The van der Waals surface area contributed by atoms with Gasteiger partial charge in [-0.1, -0.05) is 25.4 Å². The maximum Gasteiger partial charge on any atom is 0.145 e. The van der Waals surface area contributed by atoms with Crippen molar-refractivity contribution in [3.05, 3.63) is 34.5 Å². The first kappa shape index (κ1) is 15.1. The van der Waals surface area contributed by atoms with Gasteiger partial charge >= 0.3 is 0 Å². The van der Waals surface area contributed by atoms with Crippen molar-refractivity contribution in [1.29, 1.82) is 0 Å². The van der Waals surface area contributed by atoms with Crippen molar-refractivity contribution < 1.29 is 4.74 Å².